The second-order valence-electron chi connectivity index (χ2n) is 8.52. The van der Waals surface area contributed by atoms with Crippen LogP contribution in [0.3, 0.4) is 0 Å². The van der Waals surface area contributed by atoms with E-state index in [1.54, 1.807) is 13.1 Å². The van der Waals surface area contributed by atoms with Gasteiger partial charge in [0.05, 0.1) is 17.1 Å². The number of anilines is 2. The zero-order valence-electron chi connectivity index (χ0n) is 17.9. The van der Waals surface area contributed by atoms with E-state index in [4.69, 9.17) is 4.74 Å². The minimum atomic E-state index is -0.601. The van der Waals surface area contributed by atoms with Crippen LogP contribution in [0.4, 0.5) is 11.4 Å². The van der Waals surface area contributed by atoms with Gasteiger partial charge < -0.3 is 20.3 Å². The molecule has 2 aromatic rings. The summed E-state index contributed by atoms with van der Waals surface area (Å²) in [5.74, 6) is 0.587. The van der Waals surface area contributed by atoms with E-state index in [2.05, 4.69) is 31.5 Å². The average molecular weight is 422 g/mol. The van der Waals surface area contributed by atoms with Crippen molar-refractivity contribution in [1.29, 1.82) is 0 Å². The molecule has 0 atom stereocenters. The normalized spacial score (nSPS) is 19.4. The number of aromatic nitrogens is 1. The van der Waals surface area contributed by atoms with Crippen LogP contribution in [0.2, 0.25) is 0 Å². The molecule has 1 saturated heterocycles. The van der Waals surface area contributed by atoms with Crippen molar-refractivity contribution in [3.8, 4) is 5.75 Å². The predicted molar refractivity (Wildman–Crippen MR) is 118 cm³/mol. The van der Waals surface area contributed by atoms with E-state index < -0.39 is 5.60 Å². The number of benzene rings is 1. The lowest BCUT2D eigenvalue weighted by atomic mass is 10.1. The number of carbonyl (C=O) groups is 2. The number of nitrogens with one attached hydrogen (secondary N) is 2. The number of rotatable bonds is 4. The van der Waals surface area contributed by atoms with E-state index in [-0.39, 0.29) is 11.8 Å². The van der Waals surface area contributed by atoms with Crippen LogP contribution in [0.15, 0.2) is 30.3 Å². The molecule has 0 radical (unpaired) electrons. The highest BCUT2D eigenvalue weighted by atomic mass is 16.5. The maximum absolute atomic E-state index is 12.2. The van der Waals surface area contributed by atoms with Gasteiger partial charge in [-0.05, 0) is 36.8 Å². The number of hydrogen-bond acceptors (Lipinski definition) is 6. The summed E-state index contributed by atoms with van der Waals surface area (Å²) in [5, 5.41) is 5.63. The highest BCUT2D eigenvalue weighted by Gasteiger charge is 2.55. The third-order valence-corrected chi connectivity index (χ3v) is 6.35. The van der Waals surface area contributed by atoms with Crippen LogP contribution < -0.4 is 20.3 Å². The molecule has 1 spiro atoms. The van der Waals surface area contributed by atoms with Crippen LogP contribution >= 0.6 is 0 Å². The number of fused-ring (bicyclic) bond motifs is 1. The molecule has 2 aliphatic heterocycles. The Morgan fingerprint density at radius 1 is 1.19 bits per heavy atom. The molecular weight excluding hydrogens is 394 g/mol. The summed E-state index contributed by atoms with van der Waals surface area (Å²) < 4.78 is 5.93. The first kappa shape index (κ1) is 19.8. The Labute approximate surface area is 181 Å². The van der Waals surface area contributed by atoms with Crippen LogP contribution in [0.5, 0.6) is 5.75 Å². The summed E-state index contributed by atoms with van der Waals surface area (Å²) in [5.41, 5.74) is 3.73. The molecule has 5 rings (SSSR count). The van der Waals surface area contributed by atoms with Gasteiger partial charge in [0.15, 0.2) is 5.60 Å². The Kier molecular flexibility index (Phi) is 4.81. The maximum atomic E-state index is 12.2. The first-order valence-corrected chi connectivity index (χ1v) is 10.8. The molecule has 0 unspecified atom stereocenters. The first-order chi connectivity index (χ1) is 15.0. The monoisotopic (exact) mass is 421 g/mol. The maximum Gasteiger partial charge on any atom is 0.269 e. The first-order valence-electron chi connectivity index (χ1n) is 10.8. The Hall–Kier alpha value is -3.13. The number of pyridine rings is 1. The van der Waals surface area contributed by atoms with Gasteiger partial charge in [0.1, 0.15) is 11.4 Å². The molecule has 31 heavy (non-hydrogen) atoms. The quantitative estimate of drug-likeness (QED) is 0.785. The second kappa shape index (κ2) is 7.53. The zero-order chi connectivity index (χ0) is 21.6. The number of piperazine rings is 1. The molecule has 8 nitrogen and oxygen atoms in total. The lowest BCUT2D eigenvalue weighted by Crippen LogP contribution is -2.46. The molecule has 162 valence electrons. The summed E-state index contributed by atoms with van der Waals surface area (Å²) >= 11 is 0. The zero-order valence-corrected chi connectivity index (χ0v) is 17.9. The Morgan fingerprint density at radius 3 is 2.65 bits per heavy atom. The van der Waals surface area contributed by atoms with Crippen LogP contribution in [0.1, 0.15) is 34.6 Å². The number of aryl methyl sites for hydroxylation is 1. The summed E-state index contributed by atoms with van der Waals surface area (Å²) in [6.07, 6.45) is 1.60. The minimum absolute atomic E-state index is 0.0165. The lowest BCUT2D eigenvalue weighted by molar-refractivity contribution is -0.125. The van der Waals surface area contributed by atoms with Crippen molar-refractivity contribution in [3.63, 3.8) is 0 Å². The fraction of sp³-hybridized carbons (Fsp3) is 0.435. The topological polar surface area (TPSA) is 86.8 Å². The van der Waals surface area contributed by atoms with E-state index >= 15 is 0 Å². The molecule has 0 bridgehead atoms. The molecule has 2 amide bonds. The van der Waals surface area contributed by atoms with Gasteiger partial charge in [-0.2, -0.15) is 0 Å². The number of hydrogen-bond donors (Lipinski definition) is 2. The van der Waals surface area contributed by atoms with Gasteiger partial charge in [-0.25, -0.2) is 4.98 Å². The standard InChI is InChI=1S/C23H27N5O3/c1-15-19(5-4-17(25-15)21(29)24-2)28-11-9-27(10-12-28)14-16-3-6-20-18(13-16)26-22(30)23(31-20)7-8-23/h3-6,13H,7-12,14H2,1-2H3,(H,24,29)(H,26,30). The number of carbonyl (C=O) groups excluding carboxylic acids is 2. The predicted octanol–water partition coefficient (Wildman–Crippen LogP) is 1.94. The fourth-order valence-electron chi connectivity index (χ4n) is 4.35. The van der Waals surface area contributed by atoms with Crippen molar-refractivity contribution >= 4 is 23.2 Å². The van der Waals surface area contributed by atoms with Crippen molar-refractivity contribution in [2.75, 3.05) is 43.4 Å². The number of amides is 2. The Bertz CT molecular complexity index is 1040. The van der Waals surface area contributed by atoms with Crippen molar-refractivity contribution in [3.05, 3.63) is 47.3 Å². The highest BCUT2D eigenvalue weighted by Crippen LogP contribution is 2.46. The van der Waals surface area contributed by atoms with Crippen LogP contribution in [-0.4, -0.2) is 60.5 Å². The fourth-order valence-corrected chi connectivity index (χ4v) is 4.35. The van der Waals surface area contributed by atoms with E-state index in [9.17, 15) is 9.59 Å². The molecular formula is C23H27N5O3. The summed E-state index contributed by atoms with van der Waals surface area (Å²) in [4.78, 5) is 33.2. The second-order valence-corrected chi connectivity index (χ2v) is 8.52. The van der Waals surface area contributed by atoms with Crippen LogP contribution in [0, 0.1) is 6.92 Å². The van der Waals surface area contributed by atoms with E-state index in [1.807, 2.05) is 25.1 Å². The molecule has 1 aliphatic carbocycles. The summed E-state index contributed by atoms with van der Waals surface area (Å²) in [6.45, 7) is 6.43. The largest absolute Gasteiger partial charge is 0.475 e. The molecule has 2 fully saturated rings. The van der Waals surface area contributed by atoms with Gasteiger partial charge in [-0.15, -0.1) is 0 Å². The molecule has 3 aliphatic rings. The SMILES string of the molecule is CNC(=O)c1ccc(N2CCN(Cc3ccc4c(c3)NC(=O)C3(CC3)O4)CC2)c(C)n1. The average Bonchev–Trinajstić information content (AvgIpc) is 3.55. The Morgan fingerprint density at radius 2 is 1.97 bits per heavy atom. The van der Waals surface area contributed by atoms with Gasteiger partial charge in [-0.3, -0.25) is 14.5 Å². The van der Waals surface area contributed by atoms with Crippen molar-refractivity contribution < 1.29 is 14.3 Å². The highest BCUT2D eigenvalue weighted by molar-refractivity contribution is 6.02. The van der Waals surface area contributed by atoms with Crippen LogP contribution in [-0.2, 0) is 11.3 Å². The molecule has 2 N–H and O–H groups in total. The van der Waals surface area contributed by atoms with Crippen molar-refractivity contribution in [2.24, 2.45) is 0 Å². The smallest absolute Gasteiger partial charge is 0.269 e. The number of ether oxygens (including phenoxy) is 1. The molecule has 1 saturated carbocycles. The van der Waals surface area contributed by atoms with Gasteiger partial charge in [0.2, 0.25) is 0 Å². The van der Waals surface area contributed by atoms with Gasteiger partial charge in [0.25, 0.3) is 11.8 Å². The third kappa shape index (κ3) is 3.72. The van der Waals surface area contributed by atoms with E-state index in [1.165, 1.54) is 0 Å². The van der Waals surface area contributed by atoms with Gasteiger partial charge in [0, 0.05) is 52.6 Å². The van der Waals surface area contributed by atoms with Crippen LogP contribution in [0.25, 0.3) is 0 Å². The van der Waals surface area contributed by atoms with E-state index in [0.717, 1.165) is 73.9 Å². The molecule has 8 heteroatoms. The molecule has 1 aromatic carbocycles. The molecule has 1 aromatic heterocycles. The minimum Gasteiger partial charge on any atom is -0.475 e. The van der Waals surface area contributed by atoms with Crippen molar-refractivity contribution in [1.82, 2.24) is 15.2 Å². The molecule has 3 heterocycles. The lowest BCUT2D eigenvalue weighted by Gasteiger charge is -2.36. The summed E-state index contributed by atoms with van der Waals surface area (Å²) in [6, 6.07) is 9.86. The number of nitrogens with zero attached hydrogens (tertiary/aromatic N) is 3. The van der Waals surface area contributed by atoms with Gasteiger partial charge in [-0.1, -0.05) is 6.07 Å². The Balaban J connectivity index is 1.20. The van der Waals surface area contributed by atoms with Crippen molar-refractivity contribution in [2.45, 2.75) is 31.9 Å². The third-order valence-electron chi connectivity index (χ3n) is 6.35. The van der Waals surface area contributed by atoms with Gasteiger partial charge >= 0.3 is 0 Å². The van der Waals surface area contributed by atoms with E-state index in [0.29, 0.717) is 5.69 Å². The summed E-state index contributed by atoms with van der Waals surface area (Å²) in [7, 11) is 1.61.